The van der Waals surface area contributed by atoms with E-state index < -0.39 is 0 Å². The van der Waals surface area contributed by atoms with Crippen LogP contribution in [0.4, 0.5) is 0 Å². The topological polar surface area (TPSA) is 48.7 Å². The van der Waals surface area contributed by atoms with Gasteiger partial charge in [-0.1, -0.05) is 0 Å². The molecule has 0 saturated carbocycles. The number of rotatable bonds is 2. The highest BCUT2D eigenvalue weighted by Crippen LogP contribution is 2.21. The van der Waals surface area contributed by atoms with Gasteiger partial charge in [-0.2, -0.15) is 0 Å². The van der Waals surface area contributed by atoms with E-state index in [-0.39, 0.29) is 5.91 Å². The summed E-state index contributed by atoms with van der Waals surface area (Å²) in [4.78, 5) is 16.7. The number of hydrogen-bond acceptors (Lipinski definition) is 4. The molecule has 0 aromatic carbocycles. The Morgan fingerprint density at radius 2 is 2.16 bits per heavy atom. The number of carbonyl (C=O) groups excluding carboxylic acids is 1. The molecule has 1 atom stereocenters. The fraction of sp³-hybridized carbons (Fsp3) is 0.615. The van der Waals surface area contributed by atoms with Gasteiger partial charge in [0.05, 0.1) is 5.56 Å². The van der Waals surface area contributed by atoms with Crippen LogP contribution >= 0.6 is 15.9 Å². The summed E-state index contributed by atoms with van der Waals surface area (Å²) in [6.45, 7) is 5.96. The van der Waals surface area contributed by atoms with E-state index in [1.54, 1.807) is 6.07 Å². The number of hydrogen-bond donors (Lipinski definition) is 1. The Labute approximate surface area is 121 Å². The number of likely N-dealkylation sites (tertiary alicyclic amines) is 1. The quantitative estimate of drug-likeness (QED) is 0.885. The Bertz CT molecular complexity index is 456. The minimum Gasteiger partial charge on any atom is -0.457 e. The maximum Gasteiger partial charge on any atom is 0.257 e. The van der Waals surface area contributed by atoms with Gasteiger partial charge in [-0.15, -0.1) is 0 Å². The fourth-order valence-electron chi connectivity index (χ4n) is 2.88. The van der Waals surface area contributed by atoms with E-state index in [4.69, 9.17) is 4.42 Å². The lowest BCUT2D eigenvalue weighted by Gasteiger charge is -2.32. The molecule has 0 spiro atoms. The number of furan rings is 1. The number of nitrogens with zero attached hydrogens (tertiary/aromatic N) is 2. The summed E-state index contributed by atoms with van der Waals surface area (Å²) in [5.74, 6) is 0.0760. The first-order chi connectivity index (χ1) is 9.24. The predicted octanol–water partition coefficient (Wildman–Crippen LogP) is 1.16. The Morgan fingerprint density at radius 1 is 1.37 bits per heavy atom. The van der Waals surface area contributed by atoms with Gasteiger partial charge in [0.25, 0.3) is 5.91 Å². The summed E-state index contributed by atoms with van der Waals surface area (Å²) in [7, 11) is 0. The molecule has 1 aromatic heterocycles. The van der Waals surface area contributed by atoms with Crippen molar-refractivity contribution >= 4 is 21.8 Å². The number of amides is 1. The van der Waals surface area contributed by atoms with Crippen LogP contribution in [-0.2, 0) is 0 Å². The second-order valence-corrected chi connectivity index (χ2v) is 5.90. The maximum absolute atomic E-state index is 12.3. The molecule has 5 nitrogen and oxygen atoms in total. The third-order valence-corrected chi connectivity index (χ3v) is 4.35. The predicted molar refractivity (Wildman–Crippen MR) is 75.2 cm³/mol. The molecule has 1 unspecified atom stereocenters. The molecule has 3 rings (SSSR count). The van der Waals surface area contributed by atoms with Crippen LogP contribution in [0.3, 0.4) is 0 Å². The van der Waals surface area contributed by atoms with Crippen molar-refractivity contribution in [3.8, 4) is 0 Å². The van der Waals surface area contributed by atoms with E-state index in [0.717, 1.165) is 45.7 Å². The van der Waals surface area contributed by atoms with Crippen molar-refractivity contribution in [1.82, 2.24) is 15.1 Å². The Morgan fingerprint density at radius 3 is 2.84 bits per heavy atom. The third kappa shape index (κ3) is 2.85. The zero-order valence-electron chi connectivity index (χ0n) is 10.8. The van der Waals surface area contributed by atoms with E-state index in [0.29, 0.717) is 16.3 Å². The normalized spacial score (nSPS) is 24.9. The van der Waals surface area contributed by atoms with Crippen LogP contribution in [0.15, 0.2) is 21.4 Å². The van der Waals surface area contributed by atoms with Gasteiger partial charge in [0.15, 0.2) is 4.67 Å². The minimum atomic E-state index is 0.0760. The van der Waals surface area contributed by atoms with E-state index in [1.807, 2.05) is 4.90 Å². The SMILES string of the molecule is O=C(c1coc(Br)c1)N1CCC(N2CCNCC2)C1. The van der Waals surface area contributed by atoms with Crippen molar-refractivity contribution in [2.24, 2.45) is 0 Å². The van der Waals surface area contributed by atoms with Crippen LogP contribution in [0.1, 0.15) is 16.8 Å². The molecule has 2 aliphatic rings. The van der Waals surface area contributed by atoms with Gasteiger partial charge in [-0.3, -0.25) is 9.69 Å². The van der Waals surface area contributed by atoms with Gasteiger partial charge in [0.1, 0.15) is 6.26 Å². The zero-order valence-corrected chi connectivity index (χ0v) is 12.4. The lowest BCUT2D eigenvalue weighted by molar-refractivity contribution is 0.0773. The summed E-state index contributed by atoms with van der Waals surface area (Å²) < 4.78 is 5.74. The second-order valence-electron chi connectivity index (χ2n) is 5.12. The number of carbonyl (C=O) groups is 1. The molecule has 6 heteroatoms. The summed E-state index contributed by atoms with van der Waals surface area (Å²) in [5, 5.41) is 3.36. The summed E-state index contributed by atoms with van der Waals surface area (Å²) in [6.07, 6.45) is 2.59. The molecule has 2 saturated heterocycles. The van der Waals surface area contributed by atoms with E-state index in [1.165, 1.54) is 6.26 Å². The van der Waals surface area contributed by atoms with Gasteiger partial charge in [0.2, 0.25) is 0 Å². The van der Waals surface area contributed by atoms with Crippen molar-refractivity contribution in [3.63, 3.8) is 0 Å². The standard InChI is InChI=1S/C13H18BrN3O2/c14-12-7-10(9-19-12)13(18)17-4-1-11(8-17)16-5-2-15-3-6-16/h7,9,11,15H,1-6,8H2. The Hall–Kier alpha value is -0.850. The van der Waals surface area contributed by atoms with E-state index in [2.05, 4.69) is 26.1 Å². The zero-order chi connectivity index (χ0) is 13.2. The average Bonchev–Trinajstić information content (AvgIpc) is 3.08. The largest absolute Gasteiger partial charge is 0.457 e. The second kappa shape index (κ2) is 5.64. The minimum absolute atomic E-state index is 0.0760. The van der Waals surface area contributed by atoms with E-state index in [9.17, 15) is 4.79 Å². The Kier molecular flexibility index (Phi) is 3.91. The van der Waals surface area contributed by atoms with E-state index >= 15 is 0 Å². The van der Waals surface area contributed by atoms with Crippen LogP contribution in [0.5, 0.6) is 0 Å². The van der Waals surface area contributed by atoms with Crippen LogP contribution in [-0.4, -0.2) is 61.0 Å². The maximum atomic E-state index is 12.3. The van der Waals surface area contributed by atoms with Crippen molar-refractivity contribution in [3.05, 3.63) is 22.6 Å². The highest BCUT2D eigenvalue weighted by atomic mass is 79.9. The van der Waals surface area contributed by atoms with Crippen molar-refractivity contribution in [1.29, 1.82) is 0 Å². The average molecular weight is 328 g/mol. The molecule has 104 valence electrons. The van der Waals surface area contributed by atoms with Gasteiger partial charge < -0.3 is 14.6 Å². The van der Waals surface area contributed by atoms with Crippen LogP contribution in [0.25, 0.3) is 0 Å². The monoisotopic (exact) mass is 327 g/mol. The molecule has 0 bridgehead atoms. The number of piperazine rings is 1. The summed E-state index contributed by atoms with van der Waals surface area (Å²) in [5.41, 5.74) is 0.632. The molecule has 0 radical (unpaired) electrons. The Balaban J connectivity index is 1.60. The molecule has 2 aliphatic heterocycles. The molecule has 2 fully saturated rings. The van der Waals surface area contributed by atoms with Crippen molar-refractivity contribution < 1.29 is 9.21 Å². The fourth-order valence-corrected chi connectivity index (χ4v) is 3.22. The summed E-state index contributed by atoms with van der Waals surface area (Å²) in [6, 6.07) is 2.25. The molecule has 0 aliphatic carbocycles. The van der Waals surface area contributed by atoms with Crippen LogP contribution in [0, 0.1) is 0 Å². The first-order valence-corrected chi connectivity index (χ1v) is 7.51. The molecule has 19 heavy (non-hydrogen) atoms. The van der Waals surface area contributed by atoms with Gasteiger partial charge >= 0.3 is 0 Å². The van der Waals surface area contributed by atoms with Crippen LogP contribution < -0.4 is 5.32 Å². The molecular formula is C13H18BrN3O2. The lowest BCUT2D eigenvalue weighted by atomic mass is 10.2. The van der Waals surface area contributed by atoms with Gasteiger partial charge in [-0.05, 0) is 22.4 Å². The highest BCUT2D eigenvalue weighted by Gasteiger charge is 2.31. The van der Waals surface area contributed by atoms with Gasteiger partial charge in [-0.25, -0.2) is 0 Å². The number of nitrogens with one attached hydrogen (secondary N) is 1. The van der Waals surface area contributed by atoms with Crippen molar-refractivity contribution in [2.45, 2.75) is 12.5 Å². The molecule has 1 aromatic rings. The molecule has 1 amide bonds. The smallest absolute Gasteiger partial charge is 0.257 e. The first kappa shape index (κ1) is 13.1. The first-order valence-electron chi connectivity index (χ1n) is 6.72. The number of halogens is 1. The lowest BCUT2D eigenvalue weighted by Crippen LogP contribution is -2.49. The third-order valence-electron chi connectivity index (χ3n) is 3.93. The molecule has 3 heterocycles. The highest BCUT2D eigenvalue weighted by molar-refractivity contribution is 9.10. The van der Waals surface area contributed by atoms with Crippen molar-refractivity contribution in [2.75, 3.05) is 39.3 Å². The summed E-state index contributed by atoms with van der Waals surface area (Å²) >= 11 is 3.23. The molecule has 1 N–H and O–H groups in total. The molecular weight excluding hydrogens is 310 g/mol. The van der Waals surface area contributed by atoms with Gasteiger partial charge in [0, 0.05) is 51.4 Å². The van der Waals surface area contributed by atoms with Crippen LogP contribution in [0.2, 0.25) is 0 Å².